The second kappa shape index (κ2) is 8.03. The zero-order valence-corrected chi connectivity index (χ0v) is 13.3. The molecule has 0 bridgehead atoms. The van der Waals surface area contributed by atoms with Crippen molar-refractivity contribution in [2.24, 2.45) is 0 Å². The first-order valence-corrected chi connectivity index (χ1v) is 8.55. The monoisotopic (exact) mass is 325 g/mol. The predicted molar refractivity (Wildman–Crippen MR) is 85.1 cm³/mol. The summed E-state index contributed by atoms with van der Waals surface area (Å²) >= 11 is 1.61. The lowest BCUT2D eigenvalue weighted by molar-refractivity contribution is -0.120. The highest BCUT2D eigenvalue weighted by atomic mass is 32.2. The van der Waals surface area contributed by atoms with Crippen molar-refractivity contribution in [3.05, 3.63) is 35.1 Å². The number of hydrogen-bond acceptors (Lipinski definition) is 3. The summed E-state index contributed by atoms with van der Waals surface area (Å²) in [5.74, 6) is 0.401. The van der Waals surface area contributed by atoms with Gasteiger partial charge in [-0.2, -0.15) is 11.8 Å². The molecule has 1 aromatic carbocycles. The van der Waals surface area contributed by atoms with Crippen LogP contribution in [0.5, 0.6) is 0 Å². The molecule has 0 atom stereocenters. The molecule has 0 aromatic heterocycles. The van der Waals surface area contributed by atoms with Crippen LogP contribution in [0.25, 0.3) is 0 Å². The molecule has 7 heteroatoms. The molecule has 1 fully saturated rings. The van der Waals surface area contributed by atoms with Gasteiger partial charge in [0.05, 0.1) is 0 Å². The standard InChI is InChI=1S/C15H20FN3O2S/c1-22-10-12-8-13(16)3-2-11(12)9-18-15(21)19-6-4-14(20)17-5-7-19/h2-3,8H,4-7,9-10H2,1H3,(H,17,20)(H,18,21). The number of rotatable bonds is 4. The van der Waals surface area contributed by atoms with E-state index in [0.29, 0.717) is 38.4 Å². The Morgan fingerprint density at radius 1 is 1.41 bits per heavy atom. The normalized spacial score (nSPS) is 15.2. The summed E-state index contributed by atoms with van der Waals surface area (Å²) in [6.07, 6.45) is 2.27. The summed E-state index contributed by atoms with van der Waals surface area (Å²) < 4.78 is 13.3. The van der Waals surface area contributed by atoms with Crippen molar-refractivity contribution in [2.45, 2.75) is 18.7 Å². The molecular weight excluding hydrogens is 305 g/mol. The van der Waals surface area contributed by atoms with E-state index < -0.39 is 0 Å². The summed E-state index contributed by atoms with van der Waals surface area (Å²) in [6.45, 7) is 1.74. The topological polar surface area (TPSA) is 61.4 Å². The maximum Gasteiger partial charge on any atom is 0.317 e. The maximum atomic E-state index is 13.3. The second-order valence-corrected chi connectivity index (χ2v) is 5.96. The third kappa shape index (κ3) is 4.62. The van der Waals surface area contributed by atoms with E-state index in [1.807, 2.05) is 6.26 Å². The molecule has 0 unspecified atom stereocenters. The number of nitrogens with zero attached hydrogens (tertiary/aromatic N) is 1. The van der Waals surface area contributed by atoms with Crippen LogP contribution >= 0.6 is 11.8 Å². The fourth-order valence-corrected chi connectivity index (χ4v) is 2.89. The van der Waals surface area contributed by atoms with E-state index in [2.05, 4.69) is 10.6 Å². The molecule has 1 saturated heterocycles. The summed E-state index contributed by atoms with van der Waals surface area (Å²) in [4.78, 5) is 25.1. The lowest BCUT2D eigenvalue weighted by Gasteiger charge is -2.20. The van der Waals surface area contributed by atoms with Gasteiger partial charge >= 0.3 is 6.03 Å². The Kier molecular flexibility index (Phi) is 6.06. The van der Waals surface area contributed by atoms with Gasteiger partial charge in [0, 0.05) is 38.4 Å². The highest BCUT2D eigenvalue weighted by Crippen LogP contribution is 2.16. The van der Waals surface area contributed by atoms with E-state index >= 15 is 0 Å². The van der Waals surface area contributed by atoms with E-state index in [4.69, 9.17) is 0 Å². The van der Waals surface area contributed by atoms with Crippen molar-refractivity contribution in [1.29, 1.82) is 0 Å². The Bertz CT molecular complexity index is 554. The molecule has 1 aromatic rings. The molecule has 2 N–H and O–H groups in total. The molecule has 3 amide bonds. The van der Waals surface area contributed by atoms with E-state index in [0.717, 1.165) is 11.1 Å². The Hall–Kier alpha value is -1.76. The number of halogens is 1. The smallest absolute Gasteiger partial charge is 0.317 e. The fraction of sp³-hybridized carbons (Fsp3) is 0.467. The van der Waals surface area contributed by atoms with Crippen LogP contribution in [0, 0.1) is 5.82 Å². The third-order valence-corrected chi connectivity index (χ3v) is 4.10. The van der Waals surface area contributed by atoms with Crippen LogP contribution in [0.2, 0.25) is 0 Å². The molecule has 0 saturated carbocycles. The van der Waals surface area contributed by atoms with Gasteiger partial charge in [-0.3, -0.25) is 4.79 Å². The van der Waals surface area contributed by atoms with E-state index in [-0.39, 0.29) is 17.8 Å². The number of nitrogens with one attached hydrogen (secondary N) is 2. The number of benzene rings is 1. The largest absolute Gasteiger partial charge is 0.354 e. The van der Waals surface area contributed by atoms with Crippen LogP contribution < -0.4 is 10.6 Å². The first-order valence-electron chi connectivity index (χ1n) is 7.16. The number of urea groups is 1. The molecule has 1 aliphatic rings. The van der Waals surface area contributed by atoms with E-state index in [1.54, 1.807) is 22.7 Å². The summed E-state index contributed by atoms with van der Waals surface area (Å²) in [6, 6.07) is 4.41. The summed E-state index contributed by atoms with van der Waals surface area (Å²) in [5, 5.41) is 5.58. The first kappa shape index (κ1) is 16.6. The number of thioether (sulfide) groups is 1. The van der Waals surface area contributed by atoms with Gasteiger partial charge in [-0.05, 0) is 29.5 Å². The minimum atomic E-state index is -0.267. The van der Waals surface area contributed by atoms with Crippen molar-refractivity contribution in [1.82, 2.24) is 15.5 Å². The minimum Gasteiger partial charge on any atom is -0.354 e. The van der Waals surface area contributed by atoms with Crippen LogP contribution in [0.4, 0.5) is 9.18 Å². The lowest BCUT2D eigenvalue weighted by atomic mass is 10.1. The van der Waals surface area contributed by atoms with Gasteiger partial charge in [0.15, 0.2) is 0 Å². The van der Waals surface area contributed by atoms with E-state index in [1.165, 1.54) is 12.1 Å². The van der Waals surface area contributed by atoms with Crippen LogP contribution in [-0.4, -0.2) is 42.7 Å². The van der Waals surface area contributed by atoms with Crippen LogP contribution in [-0.2, 0) is 17.1 Å². The Morgan fingerprint density at radius 3 is 3.00 bits per heavy atom. The summed E-state index contributed by atoms with van der Waals surface area (Å²) in [5.41, 5.74) is 1.80. The second-order valence-electron chi connectivity index (χ2n) is 5.09. The van der Waals surface area contributed by atoms with Gasteiger partial charge in [-0.15, -0.1) is 0 Å². The van der Waals surface area contributed by atoms with Gasteiger partial charge in [-0.1, -0.05) is 6.07 Å². The van der Waals surface area contributed by atoms with E-state index in [9.17, 15) is 14.0 Å². The van der Waals surface area contributed by atoms with Crippen LogP contribution in [0.15, 0.2) is 18.2 Å². The molecule has 120 valence electrons. The predicted octanol–water partition coefficient (Wildman–Crippen LogP) is 1.72. The highest BCUT2D eigenvalue weighted by Gasteiger charge is 2.18. The molecule has 0 aliphatic carbocycles. The van der Waals surface area contributed by atoms with Gasteiger partial charge in [0.1, 0.15) is 5.82 Å². The highest BCUT2D eigenvalue weighted by molar-refractivity contribution is 7.97. The van der Waals surface area contributed by atoms with Crippen molar-refractivity contribution >= 4 is 23.7 Å². The van der Waals surface area contributed by atoms with Gasteiger partial charge in [0.2, 0.25) is 5.91 Å². The summed E-state index contributed by atoms with van der Waals surface area (Å²) in [7, 11) is 0. The Morgan fingerprint density at radius 2 is 2.23 bits per heavy atom. The van der Waals surface area contributed by atoms with Gasteiger partial charge in [-0.25, -0.2) is 9.18 Å². The van der Waals surface area contributed by atoms with Gasteiger partial charge < -0.3 is 15.5 Å². The number of hydrogen-bond donors (Lipinski definition) is 2. The maximum absolute atomic E-state index is 13.3. The molecule has 1 aliphatic heterocycles. The molecule has 0 radical (unpaired) electrons. The lowest BCUT2D eigenvalue weighted by Crippen LogP contribution is -2.41. The quantitative estimate of drug-likeness (QED) is 0.886. The molecule has 5 nitrogen and oxygen atoms in total. The number of carbonyl (C=O) groups excluding carboxylic acids is 2. The van der Waals surface area contributed by atoms with Crippen molar-refractivity contribution in [3.63, 3.8) is 0 Å². The minimum absolute atomic E-state index is 0.0314. The van der Waals surface area contributed by atoms with Crippen LogP contribution in [0.3, 0.4) is 0 Å². The van der Waals surface area contributed by atoms with Crippen molar-refractivity contribution in [2.75, 3.05) is 25.9 Å². The third-order valence-electron chi connectivity index (χ3n) is 3.50. The molecular formula is C15H20FN3O2S. The molecule has 22 heavy (non-hydrogen) atoms. The van der Waals surface area contributed by atoms with Crippen molar-refractivity contribution in [3.8, 4) is 0 Å². The SMILES string of the molecule is CSCc1cc(F)ccc1CNC(=O)N1CCNC(=O)CC1. The number of carbonyl (C=O) groups is 2. The molecule has 0 spiro atoms. The molecule has 2 rings (SSSR count). The van der Waals surface area contributed by atoms with Crippen LogP contribution in [0.1, 0.15) is 17.5 Å². The first-order chi connectivity index (χ1) is 10.6. The van der Waals surface area contributed by atoms with Gasteiger partial charge in [0.25, 0.3) is 0 Å². The fourth-order valence-electron chi connectivity index (χ4n) is 2.31. The average Bonchev–Trinajstić information content (AvgIpc) is 2.71. The Labute approximate surface area is 133 Å². The zero-order chi connectivity index (χ0) is 15.9. The average molecular weight is 325 g/mol. The zero-order valence-electron chi connectivity index (χ0n) is 12.5. The molecule has 1 heterocycles. The number of amides is 3. The Balaban J connectivity index is 1.94. The van der Waals surface area contributed by atoms with Crippen molar-refractivity contribution < 1.29 is 14.0 Å².